The maximum absolute atomic E-state index is 15.1. The molecule has 3 fully saturated rings. The molecular weight excluding hydrogens is 477 g/mol. The van der Waals surface area contributed by atoms with E-state index in [9.17, 15) is 19.5 Å². The van der Waals surface area contributed by atoms with Crippen molar-refractivity contribution in [1.29, 1.82) is 0 Å². The van der Waals surface area contributed by atoms with Gasteiger partial charge in [0.05, 0.1) is 5.39 Å². The highest BCUT2D eigenvalue weighted by Crippen LogP contribution is 2.37. The van der Waals surface area contributed by atoms with Gasteiger partial charge in [0, 0.05) is 63.1 Å². The Morgan fingerprint density at radius 3 is 2.46 bits per heavy atom. The Bertz CT molecular complexity index is 1260. The number of piperazine rings is 1. The second-order valence-electron chi connectivity index (χ2n) is 9.39. The van der Waals surface area contributed by atoms with Gasteiger partial charge in [0.25, 0.3) is 0 Å². The molecule has 2 aromatic heterocycles. The highest BCUT2D eigenvalue weighted by molar-refractivity contribution is 6.30. The fourth-order valence-electron chi connectivity index (χ4n) is 4.84. The number of carbonyl (C=O) groups is 2. The van der Waals surface area contributed by atoms with Crippen LogP contribution in [-0.4, -0.2) is 82.7 Å². The van der Waals surface area contributed by atoms with Gasteiger partial charge in [-0.2, -0.15) is 0 Å². The molecule has 0 bridgehead atoms. The number of hydrogen-bond acceptors (Lipinski definition) is 6. The Morgan fingerprint density at radius 1 is 1.17 bits per heavy atom. The van der Waals surface area contributed by atoms with E-state index < -0.39 is 17.2 Å². The molecule has 186 valence electrons. The topological polar surface area (TPSA) is 99.0 Å². The van der Waals surface area contributed by atoms with Crippen LogP contribution in [0.25, 0.3) is 11.0 Å². The van der Waals surface area contributed by atoms with Crippen LogP contribution >= 0.6 is 11.6 Å². The quantitative estimate of drug-likeness (QED) is 0.604. The number of rotatable bonds is 6. The Morgan fingerprint density at radius 2 is 1.86 bits per heavy atom. The second kappa shape index (κ2) is 9.58. The summed E-state index contributed by atoms with van der Waals surface area (Å²) in [6, 6.07) is 1.20. The van der Waals surface area contributed by atoms with E-state index in [0.717, 1.165) is 49.0 Å². The maximum atomic E-state index is 15.1. The molecule has 1 saturated carbocycles. The summed E-state index contributed by atoms with van der Waals surface area (Å²) in [6.45, 7) is 4.69. The van der Waals surface area contributed by atoms with Gasteiger partial charge in [0.2, 0.25) is 11.8 Å². The third kappa shape index (κ3) is 4.77. The van der Waals surface area contributed by atoms with Crippen molar-refractivity contribution in [1.82, 2.24) is 19.4 Å². The number of carbonyl (C=O) groups excluding carboxylic acids is 1. The zero-order valence-corrected chi connectivity index (χ0v) is 20.0. The number of piperidine rings is 1. The maximum Gasteiger partial charge on any atom is 0.341 e. The van der Waals surface area contributed by atoms with Crippen LogP contribution < -0.4 is 10.3 Å². The number of aromatic nitrogens is 2. The summed E-state index contributed by atoms with van der Waals surface area (Å²) >= 11 is 6.65. The largest absolute Gasteiger partial charge is 0.477 e. The van der Waals surface area contributed by atoms with Gasteiger partial charge in [-0.1, -0.05) is 17.2 Å². The van der Waals surface area contributed by atoms with Crippen LogP contribution in [0.4, 0.5) is 10.2 Å². The number of carboxylic acids is 1. The Kier molecular flexibility index (Phi) is 6.50. The highest BCUT2D eigenvalue weighted by Gasteiger charge is 2.29. The third-order valence-electron chi connectivity index (χ3n) is 7.08. The highest BCUT2D eigenvalue weighted by atomic mass is 35.5. The number of carboxylic acid groups (broad SMARTS) is 1. The van der Waals surface area contributed by atoms with Crippen molar-refractivity contribution >= 4 is 40.8 Å². The molecule has 0 radical (unpaired) electrons. The van der Waals surface area contributed by atoms with E-state index in [4.69, 9.17) is 11.6 Å². The average molecular weight is 504 g/mol. The lowest BCUT2D eigenvalue weighted by Gasteiger charge is -2.34. The fraction of sp³-hybridized carbons (Fsp3) is 0.500. The molecule has 0 atom stereocenters. The number of aromatic carboxylic acids is 1. The summed E-state index contributed by atoms with van der Waals surface area (Å²) in [5.74, 6) is -1.78. The van der Waals surface area contributed by atoms with Crippen molar-refractivity contribution in [2.45, 2.75) is 31.7 Å². The molecule has 0 spiro atoms. The first-order valence-electron chi connectivity index (χ1n) is 11.9. The van der Waals surface area contributed by atoms with Crippen LogP contribution in [0.3, 0.4) is 0 Å². The Hall–Kier alpha value is -2.98. The van der Waals surface area contributed by atoms with Gasteiger partial charge in [0.15, 0.2) is 11.6 Å². The van der Waals surface area contributed by atoms with Crippen LogP contribution in [-0.2, 0) is 4.79 Å². The molecule has 0 aromatic carbocycles. The van der Waals surface area contributed by atoms with Crippen LogP contribution in [0.15, 0.2) is 27.7 Å². The molecule has 9 nitrogen and oxygen atoms in total. The minimum absolute atomic E-state index is 0.00614. The minimum atomic E-state index is -1.33. The van der Waals surface area contributed by atoms with Crippen LogP contribution in [0.1, 0.15) is 42.1 Å². The summed E-state index contributed by atoms with van der Waals surface area (Å²) in [5.41, 5.74) is 0.385. The standard InChI is InChI=1S/C24H27ClFN5O4/c25-19(13-28-7-9-29(14-32)10-8-28)15-3-5-30(6-4-15)23-20(26)11-17-21(33)18(24(34)35)12-31(16-1-2-16)22(17)27-23/h11-12,14,16H,1-10,13H2,(H,34,35). The average Bonchev–Trinajstić information content (AvgIpc) is 3.70. The van der Waals surface area contributed by atoms with E-state index in [0.29, 0.717) is 51.2 Å². The molecule has 2 aromatic rings. The zero-order valence-electron chi connectivity index (χ0n) is 19.3. The first kappa shape index (κ1) is 23.7. The molecule has 0 unspecified atom stereocenters. The molecule has 1 amide bonds. The SMILES string of the molecule is O=CN1CCN(CC(Cl)=C2CCN(c3nc4c(cc3F)c(=O)c(C(=O)O)cn4C3CC3)CC2)CC1. The lowest BCUT2D eigenvalue weighted by atomic mass is 10.0. The predicted molar refractivity (Wildman–Crippen MR) is 130 cm³/mol. The molecule has 1 aliphatic carbocycles. The van der Waals surface area contributed by atoms with Gasteiger partial charge in [-0.3, -0.25) is 14.5 Å². The molecule has 3 aliphatic rings. The monoisotopic (exact) mass is 503 g/mol. The number of amides is 1. The molecule has 4 heterocycles. The van der Waals surface area contributed by atoms with Crippen LogP contribution in [0.5, 0.6) is 0 Å². The second-order valence-corrected chi connectivity index (χ2v) is 9.85. The van der Waals surface area contributed by atoms with E-state index in [2.05, 4.69) is 9.88 Å². The number of pyridine rings is 2. The van der Waals surface area contributed by atoms with Crippen molar-refractivity contribution in [3.63, 3.8) is 0 Å². The Labute approximate surface area is 206 Å². The van der Waals surface area contributed by atoms with Crippen molar-refractivity contribution in [2.24, 2.45) is 0 Å². The molecule has 2 saturated heterocycles. The van der Waals surface area contributed by atoms with E-state index in [1.165, 1.54) is 6.20 Å². The normalized spacial score (nSPS) is 19.3. The molecule has 1 N–H and O–H groups in total. The van der Waals surface area contributed by atoms with Gasteiger partial charge in [-0.05, 0) is 31.7 Å². The van der Waals surface area contributed by atoms with Crippen LogP contribution in [0, 0.1) is 5.82 Å². The number of fused-ring (bicyclic) bond motifs is 1. The molecule has 11 heteroatoms. The van der Waals surface area contributed by atoms with Crippen molar-refractivity contribution in [3.05, 3.63) is 44.5 Å². The molecule has 35 heavy (non-hydrogen) atoms. The minimum Gasteiger partial charge on any atom is -0.477 e. The number of halogens is 2. The summed E-state index contributed by atoms with van der Waals surface area (Å²) in [7, 11) is 0. The summed E-state index contributed by atoms with van der Waals surface area (Å²) in [5, 5.41) is 10.2. The van der Waals surface area contributed by atoms with Crippen LogP contribution in [0.2, 0.25) is 0 Å². The smallest absolute Gasteiger partial charge is 0.341 e. The van der Waals surface area contributed by atoms with Gasteiger partial charge in [-0.25, -0.2) is 14.2 Å². The summed E-state index contributed by atoms with van der Waals surface area (Å²) in [4.78, 5) is 45.5. The van der Waals surface area contributed by atoms with E-state index in [1.54, 1.807) is 9.47 Å². The van der Waals surface area contributed by atoms with Crippen molar-refractivity contribution < 1.29 is 19.1 Å². The lowest BCUT2D eigenvalue weighted by molar-refractivity contribution is -0.119. The summed E-state index contributed by atoms with van der Waals surface area (Å²) in [6.07, 6.45) is 5.31. The molecular formula is C24H27ClFN5O4. The van der Waals surface area contributed by atoms with Gasteiger partial charge >= 0.3 is 5.97 Å². The fourth-order valence-corrected chi connectivity index (χ4v) is 5.20. The molecule has 5 rings (SSSR count). The number of hydrogen-bond donors (Lipinski definition) is 1. The van der Waals surface area contributed by atoms with E-state index in [-0.39, 0.29) is 22.8 Å². The number of anilines is 1. The summed E-state index contributed by atoms with van der Waals surface area (Å²) < 4.78 is 16.8. The van der Waals surface area contributed by atoms with E-state index >= 15 is 4.39 Å². The first-order valence-corrected chi connectivity index (χ1v) is 12.2. The Balaban J connectivity index is 1.35. The van der Waals surface area contributed by atoms with Crippen molar-refractivity contribution in [2.75, 3.05) is 50.7 Å². The van der Waals surface area contributed by atoms with Gasteiger partial charge in [0.1, 0.15) is 11.2 Å². The van der Waals surface area contributed by atoms with Gasteiger partial charge < -0.3 is 19.5 Å². The van der Waals surface area contributed by atoms with E-state index in [1.807, 2.05) is 4.90 Å². The third-order valence-corrected chi connectivity index (χ3v) is 7.47. The van der Waals surface area contributed by atoms with Gasteiger partial charge in [-0.15, -0.1) is 0 Å². The van der Waals surface area contributed by atoms with Crippen molar-refractivity contribution in [3.8, 4) is 0 Å². The zero-order chi connectivity index (χ0) is 24.7. The number of nitrogens with zero attached hydrogens (tertiary/aromatic N) is 5. The molecule has 2 aliphatic heterocycles. The first-order chi connectivity index (χ1) is 16.9. The predicted octanol–water partition coefficient (Wildman–Crippen LogP) is 2.44. The lowest BCUT2D eigenvalue weighted by Crippen LogP contribution is -2.46.